The second-order valence-corrected chi connectivity index (χ2v) is 5.75. The first kappa shape index (κ1) is 14.9. The minimum atomic E-state index is -0.259. The Balaban J connectivity index is 2.20. The van der Waals surface area contributed by atoms with E-state index in [4.69, 9.17) is 10.5 Å². The zero-order valence-corrected chi connectivity index (χ0v) is 12.7. The topological polar surface area (TPSA) is 82.2 Å². The van der Waals surface area contributed by atoms with E-state index in [2.05, 4.69) is 10.4 Å². The predicted molar refractivity (Wildman–Crippen MR) is 82.6 cm³/mol. The second-order valence-electron chi connectivity index (χ2n) is 5.75. The van der Waals surface area contributed by atoms with Gasteiger partial charge in [0.05, 0.1) is 35.8 Å². The standard InChI is InChI=1S/C15H20N4O2/c1-15(2,3)19-9-10(8-17-19)14(20)18-13-7-11(21-4)5-6-12(13)16/h5-9H,16H2,1-4H3,(H,18,20). The number of aromatic nitrogens is 2. The molecular formula is C15H20N4O2. The average molecular weight is 288 g/mol. The zero-order chi connectivity index (χ0) is 15.6. The summed E-state index contributed by atoms with van der Waals surface area (Å²) in [6, 6.07) is 5.11. The first-order valence-electron chi connectivity index (χ1n) is 6.61. The molecule has 1 heterocycles. The number of methoxy groups -OCH3 is 1. The smallest absolute Gasteiger partial charge is 0.258 e. The van der Waals surface area contributed by atoms with E-state index in [1.807, 2.05) is 20.8 Å². The molecule has 0 aliphatic heterocycles. The van der Waals surface area contributed by atoms with Gasteiger partial charge in [-0.25, -0.2) is 0 Å². The van der Waals surface area contributed by atoms with Gasteiger partial charge < -0.3 is 15.8 Å². The fourth-order valence-corrected chi connectivity index (χ4v) is 1.77. The Morgan fingerprint density at radius 3 is 2.67 bits per heavy atom. The number of hydrogen-bond acceptors (Lipinski definition) is 4. The fraction of sp³-hybridized carbons (Fsp3) is 0.333. The Morgan fingerprint density at radius 2 is 2.10 bits per heavy atom. The van der Waals surface area contributed by atoms with E-state index >= 15 is 0 Å². The highest BCUT2D eigenvalue weighted by molar-refractivity contribution is 6.05. The summed E-state index contributed by atoms with van der Waals surface area (Å²) in [5.41, 5.74) is 7.16. The maximum absolute atomic E-state index is 12.2. The molecule has 21 heavy (non-hydrogen) atoms. The lowest BCUT2D eigenvalue weighted by molar-refractivity contribution is 0.102. The van der Waals surface area contributed by atoms with Gasteiger partial charge in [0.1, 0.15) is 5.75 Å². The van der Waals surface area contributed by atoms with Crippen molar-refractivity contribution < 1.29 is 9.53 Å². The van der Waals surface area contributed by atoms with Crippen LogP contribution in [0.1, 0.15) is 31.1 Å². The van der Waals surface area contributed by atoms with Gasteiger partial charge >= 0.3 is 0 Å². The molecule has 1 amide bonds. The zero-order valence-electron chi connectivity index (χ0n) is 12.7. The van der Waals surface area contributed by atoms with E-state index in [0.29, 0.717) is 22.7 Å². The summed E-state index contributed by atoms with van der Waals surface area (Å²) >= 11 is 0. The summed E-state index contributed by atoms with van der Waals surface area (Å²) in [5, 5.41) is 6.97. The van der Waals surface area contributed by atoms with Crippen LogP contribution in [0.4, 0.5) is 11.4 Å². The second kappa shape index (κ2) is 5.47. The van der Waals surface area contributed by atoms with E-state index in [-0.39, 0.29) is 11.4 Å². The van der Waals surface area contributed by atoms with Crippen LogP contribution in [0.5, 0.6) is 5.75 Å². The van der Waals surface area contributed by atoms with Crippen LogP contribution >= 0.6 is 0 Å². The molecular weight excluding hydrogens is 268 g/mol. The van der Waals surface area contributed by atoms with Crippen molar-refractivity contribution in [3.05, 3.63) is 36.2 Å². The van der Waals surface area contributed by atoms with Crippen LogP contribution in [-0.2, 0) is 5.54 Å². The quantitative estimate of drug-likeness (QED) is 0.850. The predicted octanol–water partition coefficient (Wildman–Crippen LogP) is 2.48. The van der Waals surface area contributed by atoms with E-state index in [0.717, 1.165) is 0 Å². The Hall–Kier alpha value is -2.50. The van der Waals surface area contributed by atoms with E-state index < -0.39 is 0 Å². The number of nitrogen functional groups attached to an aromatic ring is 1. The molecule has 0 radical (unpaired) electrons. The average Bonchev–Trinajstić information content (AvgIpc) is 2.91. The first-order chi connectivity index (χ1) is 9.81. The monoisotopic (exact) mass is 288 g/mol. The Labute approximate surface area is 123 Å². The minimum Gasteiger partial charge on any atom is -0.497 e. The van der Waals surface area contributed by atoms with Crippen molar-refractivity contribution >= 4 is 17.3 Å². The molecule has 3 N–H and O–H groups in total. The van der Waals surface area contributed by atoms with Crippen LogP contribution in [0.3, 0.4) is 0 Å². The summed E-state index contributed by atoms with van der Waals surface area (Å²) in [6.07, 6.45) is 3.25. The van der Waals surface area contributed by atoms with Crippen molar-refractivity contribution in [1.82, 2.24) is 9.78 Å². The number of nitrogens with zero attached hydrogens (tertiary/aromatic N) is 2. The van der Waals surface area contributed by atoms with Gasteiger partial charge in [0, 0.05) is 12.3 Å². The van der Waals surface area contributed by atoms with Crippen molar-refractivity contribution in [3.63, 3.8) is 0 Å². The van der Waals surface area contributed by atoms with Crippen LogP contribution < -0.4 is 15.8 Å². The van der Waals surface area contributed by atoms with Crippen molar-refractivity contribution in [1.29, 1.82) is 0 Å². The van der Waals surface area contributed by atoms with Gasteiger partial charge in [-0.1, -0.05) is 0 Å². The van der Waals surface area contributed by atoms with Gasteiger partial charge in [-0.2, -0.15) is 5.10 Å². The molecule has 0 saturated heterocycles. The van der Waals surface area contributed by atoms with Gasteiger partial charge in [0.25, 0.3) is 5.91 Å². The minimum absolute atomic E-state index is 0.173. The summed E-state index contributed by atoms with van der Waals surface area (Å²) in [4.78, 5) is 12.2. The highest BCUT2D eigenvalue weighted by atomic mass is 16.5. The number of ether oxygens (including phenoxy) is 1. The van der Waals surface area contributed by atoms with E-state index in [1.165, 1.54) is 6.20 Å². The molecule has 0 spiro atoms. The van der Waals surface area contributed by atoms with Gasteiger partial charge in [-0.3, -0.25) is 9.48 Å². The van der Waals surface area contributed by atoms with Crippen molar-refractivity contribution in [2.75, 3.05) is 18.2 Å². The lowest BCUT2D eigenvalue weighted by Gasteiger charge is -2.18. The van der Waals surface area contributed by atoms with Crippen LogP contribution in [-0.4, -0.2) is 22.8 Å². The number of nitrogens with two attached hydrogens (primary N) is 1. The normalized spacial score (nSPS) is 11.2. The summed E-state index contributed by atoms with van der Waals surface area (Å²) < 4.78 is 6.87. The van der Waals surface area contributed by atoms with Crippen molar-refractivity contribution in [2.45, 2.75) is 26.3 Å². The Bertz CT molecular complexity index is 656. The molecule has 2 rings (SSSR count). The SMILES string of the molecule is COc1ccc(N)c(NC(=O)c2cnn(C(C)(C)C)c2)c1. The lowest BCUT2D eigenvalue weighted by atomic mass is 10.1. The summed E-state index contributed by atoms with van der Waals surface area (Å²) in [6.45, 7) is 6.05. The summed E-state index contributed by atoms with van der Waals surface area (Å²) in [7, 11) is 1.56. The highest BCUT2D eigenvalue weighted by Crippen LogP contribution is 2.25. The van der Waals surface area contributed by atoms with Gasteiger partial charge in [-0.15, -0.1) is 0 Å². The number of nitrogens with one attached hydrogen (secondary N) is 1. The number of anilines is 2. The van der Waals surface area contributed by atoms with Crippen LogP contribution in [0.15, 0.2) is 30.6 Å². The first-order valence-corrected chi connectivity index (χ1v) is 6.61. The van der Waals surface area contributed by atoms with Gasteiger partial charge in [0.2, 0.25) is 0 Å². The number of carbonyl (C=O) groups excluding carboxylic acids is 1. The maximum Gasteiger partial charge on any atom is 0.258 e. The van der Waals surface area contributed by atoms with Gasteiger partial charge in [0.15, 0.2) is 0 Å². The largest absolute Gasteiger partial charge is 0.497 e. The lowest BCUT2D eigenvalue weighted by Crippen LogP contribution is -2.22. The molecule has 1 aromatic carbocycles. The number of amides is 1. The number of carbonyl (C=O) groups is 1. The fourth-order valence-electron chi connectivity index (χ4n) is 1.77. The van der Waals surface area contributed by atoms with Crippen LogP contribution in [0.25, 0.3) is 0 Å². The Kier molecular flexibility index (Phi) is 3.88. The summed E-state index contributed by atoms with van der Waals surface area (Å²) in [5.74, 6) is 0.371. The number of benzene rings is 1. The molecule has 0 saturated carbocycles. The maximum atomic E-state index is 12.2. The van der Waals surface area contributed by atoms with Crippen molar-refractivity contribution in [3.8, 4) is 5.75 Å². The molecule has 0 aliphatic carbocycles. The third-order valence-corrected chi connectivity index (χ3v) is 3.04. The number of hydrogen-bond donors (Lipinski definition) is 2. The molecule has 112 valence electrons. The van der Waals surface area contributed by atoms with E-state index in [1.54, 1.807) is 36.2 Å². The van der Waals surface area contributed by atoms with Crippen LogP contribution in [0, 0.1) is 0 Å². The highest BCUT2D eigenvalue weighted by Gasteiger charge is 2.17. The third kappa shape index (κ3) is 3.34. The molecule has 0 fully saturated rings. The van der Waals surface area contributed by atoms with Gasteiger partial charge in [-0.05, 0) is 32.9 Å². The Morgan fingerprint density at radius 1 is 1.38 bits per heavy atom. The van der Waals surface area contributed by atoms with E-state index in [9.17, 15) is 4.79 Å². The molecule has 6 heteroatoms. The molecule has 0 unspecified atom stereocenters. The molecule has 1 aromatic heterocycles. The molecule has 0 aliphatic rings. The van der Waals surface area contributed by atoms with Crippen molar-refractivity contribution in [2.24, 2.45) is 0 Å². The molecule has 2 aromatic rings. The third-order valence-electron chi connectivity index (χ3n) is 3.04. The van der Waals surface area contributed by atoms with Crippen LogP contribution in [0.2, 0.25) is 0 Å². The molecule has 0 bridgehead atoms. The number of rotatable bonds is 3. The molecule has 6 nitrogen and oxygen atoms in total. The molecule has 0 atom stereocenters.